The van der Waals surface area contributed by atoms with Crippen molar-refractivity contribution >= 4 is 15.8 Å². The molecule has 0 saturated heterocycles. The van der Waals surface area contributed by atoms with Crippen LogP contribution in [0.5, 0.6) is 0 Å². The third-order valence-electron chi connectivity index (χ3n) is 4.16. The third kappa shape index (κ3) is 2.40. The molecule has 6 heteroatoms. The Morgan fingerprint density at radius 1 is 1.32 bits per heavy atom. The van der Waals surface area contributed by atoms with Crippen molar-refractivity contribution in [1.82, 2.24) is 0 Å². The summed E-state index contributed by atoms with van der Waals surface area (Å²) in [4.78, 5) is 12.3. The lowest BCUT2D eigenvalue weighted by atomic mass is 10.00. The Labute approximate surface area is 130 Å². The molecule has 0 aliphatic heterocycles. The lowest BCUT2D eigenvalue weighted by molar-refractivity contribution is -0.147. The second kappa shape index (κ2) is 5.73. The highest BCUT2D eigenvalue weighted by atomic mass is 32.2. The molecule has 0 radical (unpaired) electrons. The van der Waals surface area contributed by atoms with E-state index in [1.54, 1.807) is 19.1 Å². The van der Waals surface area contributed by atoms with Gasteiger partial charge < -0.3 is 4.74 Å². The molecule has 5 nitrogen and oxygen atoms in total. The van der Waals surface area contributed by atoms with E-state index in [1.165, 1.54) is 6.92 Å². The number of carbonyl (C=O) groups excluding carboxylic acids is 1. The minimum atomic E-state index is -3.54. The van der Waals surface area contributed by atoms with E-state index in [4.69, 9.17) is 4.74 Å². The Hall–Kier alpha value is -1.87. The lowest BCUT2D eigenvalue weighted by Gasteiger charge is -2.08. The van der Waals surface area contributed by atoms with Gasteiger partial charge in [0, 0.05) is 11.7 Å². The summed E-state index contributed by atoms with van der Waals surface area (Å²) in [6.45, 7) is 5.18. The number of nitrogens with zero attached hydrogens (tertiary/aromatic N) is 1. The van der Waals surface area contributed by atoms with Crippen LogP contribution in [0.2, 0.25) is 0 Å². The van der Waals surface area contributed by atoms with Crippen molar-refractivity contribution in [3.05, 3.63) is 35.4 Å². The Balaban J connectivity index is 2.52. The third-order valence-corrected chi connectivity index (χ3v) is 6.38. The fourth-order valence-corrected chi connectivity index (χ4v) is 4.84. The topological polar surface area (TPSA) is 84.2 Å². The van der Waals surface area contributed by atoms with Crippen LogP contribution in [0.3, 0.4) is 0 Å². The fourth-order valence-electron chi connectivity index (χ4n) is 2.91. The van der Waals surface area contributed by atoms with Crippen LogP contribution in [0, 0.1) is 23.7 Å². The van der Waals surface area contributed by atoms with E-state index < -0.39 is 32.4 Å². The normalized spacial score (nSPS) is 27.0. The van der Waals surface area contributed by atoms with Gasteiger partial charge in [-0.15, -0.1) is 0 Å². The zero-order chi connectivity index (χ0) is 16.5. The number of carbonyl (C=O) groups is 1. The minimum Gasteiger partial charge on any atom is -0.465 e. The highest BCUT2D eigenvalue weighted by Crippen LogP contribution is 2.63. The first-order valence-electron chi connectivity index (χ1n) is 7.21. The smallest absolute Gasteiger partial charge is 0.328 e. The molecule has 1 aromatic rings. The van der Waals surface area contributed by atoms with E-state index in [-0.39, 0.29) is 12.4 Å². The second-order valence-corrected chi connectivity index (χ2v) is 7.87. The van der Waals surface area contributed by atoms with Crippen LogP contribution < -0.4 is 0 Å². The maximum atomic E-state index is 12.3. The first-order valence-corrected chi connectivity index (χ1v) is 8.93. The van der Waals surface area contributed by atoms with Crippen LogP contribution in [0.15, 0.2) is 24.3 Å². The van der Waals surface area contributed by atoms with E-state index in [0.29, 0.717) is 5.56 Å². The summed E-state index contributed by atoms with van der Waals surface area (Å²) in [7, 11) is -3.54. The summed E-state index contributed by atoms with van der Waals surface area (Å²) < 4.78 is 29.7. The van der Waals surface area contributed by atoms with Crippen molar-refractivity contribution < 1.29 is 17.9 Å². The zero-order valence-corrected chi connectivity index (χ0v) is 13.7. The Bertz CT molecular complexity index is 718. The summed E-state index contributed by atoms with van der Waals surface area (Å²) in [5.74, 6) is -1.52. The first-order chi connectivity index (χ1) is 10.3. The Morgan fingerprint density at radius 2 is 1.91 bits per heavy atom. The molecule has 0 aromatic heterocycles. The molecule has 0 bridgehead atoms. The predicted molar refractivity (Wildman–Crippen MR) is 81.8 cm³/mol. The number of sulfone groups is 1. The average molecular weight is 321 g/mol. The maximum absolute atomic E-state index is 12.3. The molecule has 0 amide bonds. The summed E-state index contributed by atoms with van der Waals surface area (Å²) >= 11 is 0. The molecule has 1 aliphatic rings. The summed E-state index contributed by atoms with van der Waals surface area (Å²) in [6.07, 6.45) is 0. The molecule has 1 saturated carbocycles. The van der Waals surface area contributed by atoms with Gasteiger partial charge in [-0.05, 0) is 19.4 Å². The van der Waals surface area contributed by atoms with Crippen molar-refractivity contribution in [2.45, 2.75) is 31.9 Å². The Kier molecular flexibility index (Phi) is 4.30. The number of ether oxygens (including phenoxy) is 1. The molecule has 118 valence electrons. The number of hydrogen-bond acceptors (Lipinski definition) is 5. The molecule has 2 rings (SSSR count). The molecule has 0 N–H and O–H groups in total. The van der Waals surface area contributed by atoms with E-state index in [0.717, 1.165) is 5.56 Å². The number of esters is 1. The monoisotopic (exact) mass is 321 g/mol. The van der Waals surface area contributed by atoms with Crippen LogP contribution >= 0.6 is 0 Å². The van der Waals surface area contributed by atoms with E-state index in [1.807, 2.05) is 25.1 Å². The summed E-state index contributed by atoms with van der Waals surface area (Å²) in [5, 5.41) is 8.52. The highest BCUT2D eigenvalue weighted by molar-refractivity contribution is 7.92. The lowest BCUT2D eigenvalue weighted by Crippen LogP contribution is -2.26. The minimum absolute atomic E-state index is 0.108. The number of hydrogen-bond donors (Lipinski definition) is 0. The van der Waals surface area contributed by atoms with Crippen LogP contribution in [-0.4, -0.2) is 32.0 Å². The summed E-state index contributed by atoms with van der Waals surface area (Å²) in [6, 6.07) is 9.17. The van der Waals surface area contributed by atoms with E-state index in [2.05, 4.69) is 0 Å². The molecule has 22 heavy (non-hydrogen) atoms. The van der Waals surface area contributed by atoms with Gasteiger partial charge in [0.2, 0.25) is 0 Å². The van der Waals surface area contributed by atoms with Crippen LogP contribution in [0.25, 0.3) is 0 Å². The average Bonchev–Trinajstić information content (AvgIpc) is 3.20. The second-order valence-electron chi connectivity index (χ2n) is 5.46. The van der Waals surface area contributed by atoms with E-state index >= 15 is 0 Å². The van der Waals surface area contributed by atoms with Gasteiger partial charge in [-0.3, -0.25) is 4.79 Å². The molecule has 3 atom stereocenters. The van der Waals surface area contributed by atoms with Gasteiger partial charge in [0.05, 0.1) is 12.7 Å². The van der Waals surface area contributed by atoms with Gasteiger partial charge in [-0.2, -0.15) is 5.26 Å². The Morgan fingerprint density at radius 3 is 2.36 bits per heavy atom. The van der Waals surface area contributed by atoms with Crippen LogP contribution in [0.4, 0.5) is 0 Å². The molecule has 0 spiro atoms. The van der Waals surface area contributed by atoms with Crippen LogP contribution in [-0.2, 0) is 19.4 Å². The SMILES string of the molecule is CCOC(=O)[C@]1(C#N)[C@H](c2ccc(C)cc2)[C@H]1S(=O)(=O)CC. The van der Waals surface area contributed by atoms with Crippen molar-refractivity contribution in [2.24, 2.45) is 5.41 Å². The molecule has 1 aliphatic carbocycles. The van der Waals surface area contributed by atoms with Gasteiger partial charge in [-0.25, -0.2) is 8.42 Å². The van der Waals surface area contributed by atoms with Gasteiger partial charge in [0.25, 0.3) is 0 Å². The number of rotatable bonds is 5. The van der Waals surface area contributed by atoms with Gasteiger partial charge in [-0.1, -0.05) is 36.8 Å². The molecular formula is C16H19NO4S. The first kappa shape index (κ1) is 16.5. The van der Waals surface area contributed by atoms with Gasteiger partial charge in [0.15, 0.2) is 15.3 Å². The predicted octanol–water partition coefficient (Wildman–Crippen LogP) is 1.97. The van der Waals surface area contributed by atoms with E-state index in [9.17, 15) is 18.5 Å². The summed E-state index contributed by atoms with van der Waals surface area (Å²) in [5.41, 5.74) is 0.0836. The molecule has 1 aromatic carbocycles. The quantitative estimate of drug-likeness (QED) is 0.774. The van der Waals surface area contributed by atoms with Gasteiger partial charge in [0.1, 0.15) is 5.25 Å². The van der Waals surface area contributed by atoms with Crippen molar-refractivity contribution in [3.8, 4) is 6.07 Å². The van der Waals surface area contributed by atoms with Crippen molar-refractivity contribution in [2.75, 3.05) is 12.4 Å². The standard InChI is InChI=1S/C16H19NO4S/c1-4-21-15(18)16(10-17)13(14(16)22(19,20)5-2)12-8-6-11(3)7-9-12/h6-9,13-14H,4-5H2,1-3H3/t13-,14-,16-/m1/s1. The number of benzene rings is 1. The molecule has 0 unspecified atom stereocenters. The number of aryl methyl sites for hydroxylation is 1. The highest BCUT2D eigenvalue weighted by Gasteiger charge is 2.77. The number of nitriles is 1. The van der Waals surface area contributed by atoms with Gasteiger partial charge >= 0.3 is 5.97 Å². The fraction of sp³-hybridized carbons (Fsp3) is 0.500. The molecular weight excluding hydrogens is 302 g/mol. The zero-order valence-electron chi connectivity index (χ0n) is 12.9. The molecule has 0 heterocycles. The van der Waals surface area contributed by atoms with Crippen molar-refractivity contribution in [1.29, 1.82) is 5.26 Å². The largest absolute Gasteiger partial charge is 0.465 e. The van der Waals surface area contributed by atoms with Crippen molar-refractivity contribution in [3.63, 3.8) is 0 Å². The maximum Gasteiger partial charge on any atom is 0.328 e. The van der Waals surface area contributed by atoms with Crippen LogP contribution in [0.1, 0.15) is 30.9 Å². The molecule has 1 fully saturated rings.